The van der Waals surface area contributed by atoms with Crippen LogP contribution >= 0.6 is 0 Å². The molecule has 38 heavy (non-hydrogen) atoms. The number of esters is 1. The number of benzene rings is 2. The average molecular weight is 524 g/mol. The highest BCUT2D eigenvalue weighted by Crippen LogP contribution is 2.30. The predicted octanol–water partition coefficient (Wildman–Crippen LogP) is 3.52. The SMILES string of the molecule is CCOC(=O)c1cc(=O)c2c(OCC(O)COc3cc(N(C)C)cc4oc(CC)cc(=O)c34)cccc2o1. The minimum Gasteiger partial charge on any atom is -0.490 e. The number of fused-ring (bicyclic) bond motifs is 2. The molecule has 0 radical (unpaired) electrons. The second-order valence-electron chi connectivity index (χ2n) is 8.74. The topological polar surface area (TPSA) is 129 Å². The van der Waals surface area contributed by atoms with Gasteiger partial charge in [-0.2, -0.15) is 0 Å². The van der Waals surface area contributed by atoms with Crippen LogP contribution < -0.4 is 25.2 Å². The lowest BCUT2D eigenvalue weighted by atomic mass is 10.1. The van der Waals surface area contributed by atoms with Gasteiger partial charge in [-0.3, -0.25) is 9.59 Å². The van der Waals surface area contributed by atoms with Gasteiger partial charge in [-0.25, -0.2) is 4.79 Å². The number of anilines is 1. The van der Waals surface area contributed by atoms with Gasteiger partial charge in [-0.05, 0) is 19.1 Å². The van der Waals surface area contributed by atoms with E-state index < -0.39 is 17.5 Å². The Morgan fingerprint density at radius 1 is 0.921 bits per heavy atom. The van der Waals surface area contributed by atoms with Crippen LogP contribution in [0.4, 0.5) is 5.69 Å². The fourth-order valence-electron chi connectivity index (χ4n) is 3.86. The molecule has 0 saturated carbocycles. The molecule has 0 aliphatic carbocycles. The number of rotatable bonds is 10. The Hall–Kier alpha value is -4.31. The molecule has 1 N–H and O–H groups in total. The Bertz CT molecular complexity index is 1590. The van der Waals surface area contributed by atoms with Crippen molar-refractivity contribution in [1.82, 2.24) is 0 Å². The van der Waals surface area contributed by atoms with E-state index in [-0.39, 0.29) is 58.9 Å². The van der Waals surface area contributed by atoms with Crippen molar-refractivity contribution in [2.45, 2.75) is 26.4 Å². The van der Waals surface area contributed by atoms with Crippen molar-refractivity contribution in [3.05, 3.63) is 74.4 Å². The Labute approximate surface area is 217 Å². The number of ether oxygens (including phenoxy) is 3. The number of hydrogen-bond acceptors (Lipinski definition) is 10. The first kappa shape index (κ1) is 26.7. The second-order valence-corrected chi connectivity index (χ2v) is 8.74. The normalized spacial score (nSPS) is 11.9. The van der Waals surface area contributed by atoms with Gasteiger partial charge in [0, 0.05) is 50.5 Å². The third kappa shape index (κ3) is 5.65. The van der Waals surface area contributed by atoms with E-state index in [4.69, 9.17) is 23.0 Å². The van der Waals surface area contributed by atoms with E-state index in [1.54, 1.807) is 31.2 Å². The second kappa shape index (κ2) is 11.4. The quantitative estimate of drug-likeness (QED) is 0.308. The van der Waals surface area contributed by atoms with Crippen LogP contribution in [-0.4, -0.2) is 51.1 Å². The largest absolute Gasteiger partial charge is 0.490 e. The lowest BCUT2D eigenvalue weighted by Crippen LogP contribution is -2.26. The molecule has 4 rings (SSSR count). The Kier molecular flexibility index (Phi) is 8.02. The molecule has 0 spiro atoms. The molecular weight excluding hydrogens is 494 g/mol. The average Bonchev–Trinajstić information content (AvgIpc) is 2.89. The minimum absolute atomic E-state index is 0.127. The first-order valence-electron chi connectivity index (χ1n) is 12.2. The van der Waals surface area contributed by atoms with E-state index in [0.29, 0.717) is 17.8 Å². The summed E-state index contributed by atoms with van der Waals surface area (Å²) in [6.45, 7) is 3.29. The smallest absolute Gasteiger partial charge is 0.374 e. The maximum absolute atomic E-state index is 12.8. The Balaban J connectivity index is 1.52. The zero-order valence-electron chi connectivity index (χ0n) is 21.6. The van der Waals surface area contributed by atoms with Crippen LogP contribution in [0.5, 0.6) is 11.5 Å². The summed E-state index contributed by atoms with van der Waals surface area (Å²) in [7, 11) is 3.71. The van der Waals surface area contributed by atoms with Gasteiger partial charge in [-0.1, -0.05) is 13.0 Å². The highest BCUT2D eigenvalue weighted by molar-refractivity contribution is 5.90. The van der Waals surface area contributed by atoms with E-state index in [2.05, 4.69) is 0 Å². The van der Waals surface area contributed by atoms with Crippen molar-refractivity contribution < 1.29 is 32.9 Å². The van der Waals surface area contributed by atoms with Crippen molar-refractivity contribution in [3.63, 3.8) is 0 Å². The highest BCUT2D eigenvalue weighted by atomic mass is 16.5. The summed E-state index contributed by atoms with van der Waals surface area (Å²) >= 11 is 0. The van der Waals surface area contributed by atoms with Crippen LogP contribution in [0.15, 0.2) is 60.9 Å². The third-order valence-electron chi connectivity index (χ3n) is 5.75. The van der Waals surface area contributed by atoms with Crippen molar-refractivity contribution in [3.8, 4) is 11.5 Å². The first-order chi connectivity index (χ1) is 18.2. The highest BCUT2D eigenvalue weighted by Gasteiger charge is 2.18. The molecule has 0 amide bonds. The van der Waals surface area contributed by atoms with Crippen LogP contribution in [0.2, 0.25) is 0 Å². The summed E-state index contributed by atoms with van der Waals surface area (Å²) in [6.07, 6.45) is -0.531. The van der Waals surface area contributed by atoms with Gasteiger partial charge >= 0.3 is 5.97 Å². The monoisotopic (exact) mass is 523 g/mol. The zero-order valence-corrected chi connectivity index (χ0v) is 21.6. The standard InChI is InChI=1S/C28H29NO9/c1-5-18-12-19(31)27-23(10-16(29(3)4)11-24(27)37-18)36-15-17(30)14-35-21-8-7-9-22-26(21)20(32)13-25(38-22)28(33)34-6-2/h7-13,17,30H,5-6,14-15H2,1-4H3. The van der Waals surface area contributed by atoms with Crippen molar-refractivity contribution in [1.29, 1.82) is 0 Å². The number of carbonyl (C=O) groups is 1. The van der Waals surface area contributed by atoms with E-state index >= 15 is 0 Å². The predicted molar refractivity (Wildman–Crippen MR) is 142 cm³/mol. The van der Waals surface area contributed by atoms with E-state index in [0.717, 1.165) is 11.8 Å². The van der Waals surface area contributed by atoms with Gasteiger partial charge < -0.3 is 33.1 Å². The summed E-state index contributed by atoms with van der Waals surface area (Å²) in [5.41, 5.74) is 0.582. The summed E-state index contributed by atoms with van der Waals surface area (Å²) in [5, 5.41) is 11.0. The molecule has 1 atom stereocenters. The summed E-state index contributed by atoms with van der Waals surface area (Å²) in [6, 6.07) is 10.6. The van der Waals surface area contributed by atoms with Crippen LogP contribution in [0.25, 0.3) is 21.9 Å². The molecule has 0 saturated heterocycles. The summed E-state index contributed by atoms with van der Waals surface area (Å²) in [4.78, 5) is 39.3. The van der Waals surface area contributed by atoms with Crippen molar-refractivity contribution in [2.24, 2.45) is 0 Å². The molecule has 4 aromatic rings. The van der Waals surface area contributed by atoms with Crippen LogP contribution in [0, 0.1) is 0 Å². The van der Waals surface area contributed by atoms with Gasteiger partial charge in [0.15, 0.2) is 10.9 Å². The molecule has 0 bridgehead atoms. The van der Waals surface area contributed by atoms with Gasteiger partial charge in [0.25, 0.3) is 0 Å². The van der Waals surface area contributed by atoms with Gasteiger partial charge in [0.05, 0.1) is 6.61 Å². The summed E-state index contributed by atoms with van der Waals surface area (Å²) < 4.78 is 27.8. The molecule has 0 fully saturated rings. The van der Waals surface area contributed by atoms with Crippen molar-refractivity contribution in [2.75, 3.05) is 38.8 Å². The fourth-order valence-corrected chi connectivity index (χ4v) is 3.86. The van der Waals surface area contributed by atoms with E-state index in [1.165, 1.54) is 12.1 Å². The number of hydrogen-bond donors (Lipinski definition) is 1. The Morgan fingerprint density at radius 2 is 1.61 bits per heavy atom. The van der Waals surface area contributed by atoms with Crippen LogP contribution in [-0.2, 0) is 11.2 Å². The maximum atomic E-state index is 12.8. The number of nitrogens with zero attached hydrogens (tertiary/aromatic N) is 1. The Morgan fingerprint density at radius 3 is 2.29 bits per heavy atom. The molecule has 2 heterocycles. The lowest BCUT2D eigenvalue weighted by molar-refractivity contribution is 0.0490. The molecule has 2 aromatic carbocycles. The van der Waals surface area contributed by atoms with Crippen LogP contribution in [0.1, 0.15) is 30.2 Å². The van der Waals surface area contributed by atoms with Crippen LogP contribution in [0.3, 0.4) is 0 Å². The molecule has 2 aromatic heterocycles. The molecular formula is C28H29NO9. The number of aliphatic hydroxyl groups is 1. The molecule has 0 aliphatic rings. The van der Waals surface area contributed by atoms with E-state index in [9.17, 15) is 19.5 Å². The molecule has 200 valence electrons. The van der Waals surface area contributed by atoms with Gasteiger partial charge in [0.2, 0.25) is 5.76 Å². The molecule has 10 nitrogen and oxygen atoms in total. The lowest BCUT2D eigenvalue weighted by Gasteiger charge is -2.18. The molecule has 0 aliphatic heterocycles. The zero-order chi connectivity index (χ0) is 27.4. The first-order valence-corrected chi connectivity index (χ1v) is 12.2. The molecule has 1 unspecified atom stereocenters. The van der Waals surface area contributed by atoms with Gasteiger partial charge in [-0.15, -0.1) is 0 Å². The number of carbonyl (C=O) groups excluding carboxylic acids is 1. The van der Waals surface area contributed by atoms with E-state index in [1.807, 2.05) is 25.9 Å². The third-order valence-corrected chi connectivity index (χ3v) is 5.75. The maximum Gasteiger partial charge on any atom is 0.374 e. The number of aryl methyl sites for hydroxylation is 1. The number of aliphatic hydroxyl groups excluding tert-OH is 1. The minimum atomic E-state index is -1.10. The summed E-state index contributed by atoms with van der Waals surface area (Å²) in [5.74, 6) is 0.0676. The molecule has 10 heteroatoms. The fraction of sp³-hybridized carbons (Fsp3) is 0.321. The van der Waals surface area contributed by atoms with Gasteiger partial charge in [0.1, 0.15) is 58.5 Å². The van der Waals surface area contributed by atoms with Crippen molar-refractivity contribution >= 4 is 33.6 Å².